The van der Waals surface area contributed by atoms with Crippen LogP contribution in [0.5, 0.6) is 17.2 Å². The van der Waals surface area contributed by atoms with Gasteiger partial charge in [0.1, 0.15) is 29.6 Å². The summed E-state index contributed by atoms with van der Waals surface area (Å²) in [5.74, 6) is 0.736. The lowest BCUT2D eigenvalue weighted by atomic mass is 10.2. The summed E-state index contributed by atoms with van der Waals surface area (Å²) in [7, 11) is -1.34. The molecule has 1 N–H and O–H groups in total. The summed E-state index contributed by atoms with van der Waals surface area (Å²) in [4.78, 5) is 16.4. The van der Waals surface area contributed by atoms with Crippen molar-refractivity contribution >= 4 is 30.9 Å². The van der Waals surface area contributed by atoms with E-state index in [2.05, 4.69) is 29.9 Å². The predicted octanol–water partition coefficient (Wildman–Crippen LogP) is 8.08. The molecule has 0 spiro atoms. The summed E-state index contributed by atoms with van der Waals surface area (Å²) in [5.41, 5.74) is 0.305. The van der Waals surface area contributed by atoms with Gasteiger partial charge in [-0.15, -0.1) is 0 Å². The molecule has 0 unspecified atom stereocenters. The fourth-order valence-corrected chi connectivity index (χ4v) is 4.58. The molecule has 0 aliphatic carbocycles. The molecule has 0 aliphatic heterocycles. The highest BCUT2D eigenvalue weighted by atomic mass is 28.3. The van der Waals surface area contributed by atoms with Gasteiger partial charge in [0.25, 0.3) is 0 Å². The Kier molecular flexibility index (Phi) is 8.31. The number of hydrogen-bond donors (Lipinski definition) is 1. The molecule has 0 radical (unpaired) electrons. The number of hydrogen-bond acceptors (Lipinski definition) is 5. The first-order chi connectivity index (χ1) is 18.4. The zero-order chi connectivity index (χ0) is 28.2. The molecule has 1 amide bonds. The minimum Gasteiger partial charge on any atom is -0.456 e. The lowest BCUT2D eigenvalue weighted by Crippen LogP contribution is -2.22. The van der Waals surface area contributed by atoms with E-state index in [1.807, 2.05) is 0 Å². The van der Waals surface area contributed by atoms with E-state index in [-0.39, 0.29) is 23.5 Å². The summed E-state index contributed by atoms with van der Waals surface area (Å²) in [5, 5.41) is 2.48. The number of amides is 1. The SMILES string of the molecule is Cc1cc(NC(=O)Oc2ccccc2)ccc1Oc1ccnc2c1c(C(F)(F)F)cn2COCC[Si](C)(C)C. The zero-order valence-electron chi connectivity index (χ0n) is 22.1. The first kappa shape index (κ1) is 28.2. The standard InChI is InChI=1S/C28H30F3N3O4Si/c1-19-16-20(33-27(35)37-21-8-6-5-7-9-21)10-11-23(19)38-24-12-13-32-26-25(24)22(28(29,30)31)17-34(26)18-36-14-15-39(2,3)4/h5-13,16-17H,14-15,18H2,1-4H3,(H,33,35). The summed E-state index contributed by atoms with van der Waals surface area (Å²) in [6.45, 7) is 8.75. The van der Waals surface area contributed by atoms with Gasteiger partial charge < -0.3 is 18.8 Å². The highest BCUT2D eigenvalue weighted by molar-refractivity contribution is 6.76. The third kappa shape index (κ3) is 7.39. The first-order valence-electron chi connectivity index (χ1n) is 12.4. The molecule has 2 aromatic carbocycles. The van der Waals surface area contributed by atoms with E-state index in [4.69, 9.17) is 14.2 Å². The van der Waals surface area contributed by atoms with E-state index < -0.39 is 25.9 Å². The quantitative estimate of drug-likeness (QED) is 0.166. The lowest BCUT2D eigenvalue weighted by Gasteiger charge is -2.15. The maximum Gasteiger partial charge on any atom is 0.418 e. The Morgan fingerprint density at radius 2 is 1.79 bits per heavy atom. The van der Waals surface area contributed by atoms with Gasteiger partial charge in [-0.25, -0.2) is 9.78 Å². The number of benzene rings is 2. The molecule has 39 heavy (non-hydrogen) atoms. The summed E-state index contributed by atoms with van der Waals surface area (Å²) < 4.78 is 60.3. The highest BCUT2D eigenvalue weighted by Gasteiger charge is 2.36. The van der Waals surface area contributed by atoms with E-state index in [0.29, 0.717) is 29.4 Å². The van der Waals surface area contributed by atoms with Crippen LogP contribution >= 0.6 is 0 Å². The van der Waals surface area contributed by atoms with E-state index in [1.165, 1.54) is 16.8 Å². The summed E-state index contributed by atoms with van der Waals surface area (Å²) in [6.07, 6.45) is -2.88. The number of aryl methyl sites for hydroxylation is 1. The molecule has 0 fully saturated rings. The maximum absolute atomic E-state index is 14.0. The van der Waals surface area contributed by atoms with Crippen molar-refractivity contribution in [3.05, 3.63) is 78.1 Å². The van der Waals surface area contributed by atoms with E-state index in [1.54, 1.807) is 55.5 Å². The van der Waals surface area contributed by atoms with Gasteiger partial charge in [0, 0.05) is 32.8 Å². The number of nitrogens with one attached hydrogen (secondary N) is 1. The number of carbonyl (C=O) groups excluding carboxylic acids is 1. The number of fused-ring (bicyclic) bond motifs is 1. The van der Waals surface area contributed by atoms with Crippen LogP contribution < -0.4 is 14.8 Å². The van der Waals surface area contributed by atoms with Crippen LogP contribution in [0.2, 0.25) is 25.7 Å². The molecule has 206 valence electrons. The van der Waals surface area contributed by atoms with Crippen molar-refractivity contribution in [1.29, 1.82) is 0 Å². The molecule has 0 atom stereocenters. The molecule has 0 aliphatic rings. The zero-order valence-corrected chi connectivity index (χ0v) is 23.1. The number of pyridine rings is 1. The molecule has 4 aromatic rings. The van der Waals surface area contributed by atoms with Crippen LogP contribution in [0.15, 0.2) is 67.0 Å². The Labute approximate surface area is 225 Å². The Bertz CT molecular complexity index is 1450. The number of carbonyl (C=O) groups is 1. The number of ether oxygens (including phenoxy) is 3. The first-order valence-corrected chi connectivity index (χ1v) is 16.1. The second-order valence-corrected chi connectivity index (χ2v) is 15.9. The predicted molar refractivity (Wildman–Crippen MR) is 146 cm³/mol. The van der Waals surface area contributed by atoms with Crippen LogP contribution in [-0.2, 0) is 17.6 Å². The van der Waals surface area contributed by atoms with Crippen molar-refractivity contribution in [1.82, 2.24) is 9.55 Å². The van der Waals surface area contributed by atoms with E-state index in [9.17, 15) is 18.0 Å². The van der Waals surface area contributed by atoms with Gasteiger partial charge in [-0.1, -0.05) is 37.8 Å². The van der Waals surface area contributed by atoms with Crippen molar-refractivity contribution in [2.75, 3.05) is 11.9 Å². The number of anilines is 1. The second kappa shape index (κ2) is 11.5. The molecular formula is C28H30F3N3O4Si. The molecular weight excluding hydrogens is 527 g/mol. The molecule has 2 heterocycles. The van der Waals surface area contributed by atoms with Gasteiger partial charge in [0.05, 0.1) is 10.9 Å². The Morgan fingerprint density at radius 1 is 1.05 bits per heavy atom. The van der Waals surface area contributed by atoms with Crippen LogP contribution in [0.1, 0.15) is 11.1 Å². The fourth-order valence-electron chi connectivity index (χ4n) is 3.82. The second-order valence-electron chi connectivity index (χ2n) is 10.3. The number of alkyl halides is 3. The van der Waals surface area contributed by atoms with Crippen molar-refractivity contribution < 1.29 is 32.2 Å². The summed E-state index contributed by atoms with van der Waals surface area (Å²) in [6, 6.07) is 15.7. The van der Waals surface area contributed by atoms with Crippen LogP contribution in [0.4, 0.5) is 23.7 Å². The average molecular weight is 558 g/mol. The van der Waals surface area contributed by atoms with Crippen LogP contribution in [0.3, 0.4) is 0 Å². The van der Waals surface area contributed by atoms with Gasteiger partial charge in [0.15, 0.2) is 0 Å². The third-order valence-corrected chi connectivity index (χ3v) is 7.55. The van der Waals surface area contributed by atoms with Crippen molar-refractivity contribution in [2.45, 2.75) is 45.5 Å². The smallest absolute Gasteiger partial charge is 0.418 e. The molecule has 0 bridgehead atoms. The number of rotatable bonds is 9. The lowest BCUT2D eigenvalue weighted by molar-refractivity contribution is -0.136. The molecule has 2 aromatic heterocycles. The van der Waals surface area contributed by atoms with E-state index in [0.717, 1.165) is 12.2 Å². The Morgan fingerprint density at radius 3 is 2.46 bits per heavy atom. The van der Waals surface area contributed by atoms with Crippen LogP contribution in [0.25, 0.3) is 11.0 Å². The topological polar surface area (TPSA) is 74.6 Å². The van der Waals surface area contributed by atoms with Gasteiger partial charge in [0.2, 0.25) is 0 Å². The minimum absolute atomic E-state index is 0.0143. The number of aromatic nitrogens is 2. The van der Waals surface area contributed by atoms with Gasteiger partial charge in [-0.2, -0.15) is 13.2 Å². The van der Waals surface area contributed by atoms with Crippen molar-refractivity contribution in [3.63, 3.8) is 0 Å². The van der Waals surface area contributed by atoms with Gasteiger partial charge in [-0.3, -0.25) is 5.32 Å². The molecule has 4 rings (SSSR count). The average Bonchev–Trinajstić information content (AvgIpc) is 3.24. The molecule has 7 nitrogen and oxygen atoms in total. The fraction of sp³-hybridized carbons (Fsp3) is 0.286. The number of para-hydroxylation sites is 1. The Balaban J connectivity index is 1.55. The Hall–Kier alpha value is -3.83. The van der Waals surface area contributed by atoms with Gasteiger partial charge in [-0.05, 0) is 54.9 Å². The summed E-state index contributed by atoms with van der Waals surface area (Å²) >= 11 is 0. The van der Waals surface area contributed by atoms with Crippen molar-refractivity contribution in [2.24, 2.45) is 0 Å². The minimum atomic E-state index is -4.62. The maximum atomic E-state index is 14.0. The largest absolute Gasteiger partial charge is 0.456 e. The van der Waals surface area contributed by atoms with Gasteiger partial charge >= 0.3 is 12.3 Å². The number of halogens is 3. The van der Waals surface area contributed by atoms with Crippen LogP contribution in [-0.4, -0.2) is 30.3 Å². The normalized spacial score (nSPS) is 12.0. The number of nitrogens with zero attached hydrogens (tertiary/aromatic N) is 2. The molecule has 11 heteroatoms. The van der Waals surface area contributed by atoms with Crippen LogP contribution in [0, 0.1) is 6.92 Å². The molecule has 0 saturated carbocycles. The van der Waals surface area contributed by atoms with Crippen molar-refractivity contribution in [3.8, 4) is 17.2 Å². The highest BCUT2D eigenvalue weighted by Crippen LogP contribution is 2.41. The van der Waals surface area contributed by atoms with E-state index >= 15 is 0 Å². The third-order valence-electron chi connectivity index (χ3n) is 5.85. The monoisotopic (exact) mass is 557 g/mol. The molecule has 0 saturated heterocycles.